The molecule has 11 heteroatoms. The number of likely N-dealkylation sites (N-methyl/N-ethyl adjacent to an activating group) is 1. The molecule has 33 heavy (non-hydrogen) atoms. The molecular weight excluding hydrogens is 497 g/mol. The highest BCUT2D eigenvalue weighted by molar-refractivity contribution is 7.98. The number of piperidine rings is 1. The lowest BCUT2D eigenvalue weighted by Gasteiger charge is -2.33. The predicted octanol–water partition coefficient (Wildman–Crippen LogP) is 4.08. The molecule has 3 aromatic rings. The van der Waals surface area contributed by atoms with Crippen LogP contribution in [0.1, 0.15) is 12.8 Å². The van der Waals surface area contributed by atoms with Gasteiger partial charge in [-0.05, 0) is 56.8 Å². The Hall–Kier alpha value is -1.50. The fourth-order valence-electron chi connectivity index (χ4n) is 3.89. The van der Waals surface area contributed by atoms with Gasteiger partial charge in [0.05, 0.1) is 10.2 Å². The van der Waals surface area contributed by atoms with Crippen LogP contribution in [0, 0.1) is 5.92 Å². The van der Waals surface area contributed by atoms with E-state index >= 15 is 0 Å². The number of thioether (sulfide) groups is 1. The molecule has 3 heterocycles. The Labute approximate surface area is 207 Å². The smallest absolute Gasteiger partial charge is 0.252 e. The topological polar surface area (TPSA) is 73.8 Å². The molecule has 2 aromatic heterocycles. The van der Waals surface area contributed by atoms with E-state index in [9.17, 15) is 13.2 Å². The van der Waals surface area contributed by atoms with Crippen LogP contribution < -0.4 is 4.90 Å². The number of rotatable bonds is 8. The monoisotopic (exact) mass is 524 g/mol. The van der Waals surface area contributed by atoms with Gasteiger partial charge < -0.3 is 4.90 Å². The molecule has 0 aliphatic carbocycles. The average Bonchev–Trinajstić information content (AvgIpc) is 3.49. The van der Waals surface area contributed by atoms with Gasteiger partial charge in [-0.25, -0.2) is 13.4 Å². The third-order valence-electron chi connectivity index (χ3n) is 5.75. The molecular formula is C22H28N4O3S4. The maximum absolute atomic E-state index is 13.6. The first-order valence-corrected chi connectivity index (χ1v) is 15.1. The van der Waals surface area contributed by atoms with Crippen LogP contribution in [-0.4, -0.2) is 75.0 Å². The number of sulfonamides is 1. The van der Waals surface area contributed by atoms with E-state index in [4.69, 9.17) is 4.98 Å². The molecule has 0 N–H and O–H groups in total. The summed E-state index contributed by atoms with van der Waals surface area (Å²) < 4.78 is 28.6. The Kier molecular flexibility index (Phi) is 7.76. The molecule has 178 valence electrons. The standard InChI is InChI=1S/C22H28N4O3S4/c1-24(2)13-14-26(22-23-20-17(30-3)6-4-7-18(20)32-22)21(27)16-9-11-25(12-10-16)33(28,29)19-8-5-15-31-19/h4-8,15-16H,9-14H2,1-3H3. The van der Waals surface area contributed by atoms with E-state index < -0.39 is 10.0 Å². The maximum Gasteiger partial charge on any atom is 0.252 e. The summed E-state index contributed by atoms with van der Waals surface area (Å²) in [6, 6.07) is 9.49. The number of benzene rings is 1. The van der Waals surface area contributed by atoms with Crippen LogP contribution >= 0.6 is 34.4 Å². The van der Waals surface area contributed by atoms with Crippen molar-refractivity contribution in [3.8, 4) is 0 Å². The van der Waals surface area contributed by atoms with Gasteiger partial charge in [-0.3, -0.25) is 9.69 Å². The molecule has 4 rings (SSSR count). The molecule has 0 atom stereocenters. The van der Waals surface area contributed by atoms with Crippen LogP contribution in [0.3, 0.4) is 0 Å². The number of anilines is 1. The molecule has 0 radical (unpaired) electrons. The number of aromatic nitrogens is 1. The number of para-hydroxylation sites is 1. The minimum absolute atomic E-state index is 0.0368. The van der Waals surface area contributed by atoms with Gasteiger partial charge in [0.15, 0.2) is 5.13 Å². The van der Waals surface area contributed by atoms with Crippen molar-refractivity contribution in [1.29, 1.82) is 0 Å². The quantitative estimate of drug-likeness (QED) is 0.414. The number of amides is 1. The third-order valence-corrected chi connectivity index (χ3v) is 10.8. The molecule has 1 amide bonds. The molecule has 7 nitrogen and oxygen atoms in total. The lowest BCUT2D eigenvalue weighted by Crippen LogP contribution is -2.45. The molecule has 0 bridgehead atoms. The average molecular weight is 525 g/mol. The van der Waals surface area contributed by atoms with Gasteiger partial charge in [-0.2, -0.15) is 4.31 Å². The number of thiophene rings is 1. The Morgan fingerprint density at radius 2 is 1.94 bits per heavy atom. The molecule has 1 aliphatic heterocycles. The first-order valence-electron chi connectivity index (χ1n) is 10.7. The Balaban J connectivity index is 1.53. The minimum atomic E-state index is -3.48. The highest BCUT2D eigenvalue weighted by atomic mass is 32.2. The molecule has 0 spiro atoms. The summed E-state index contributed by atoms with van der Waals surface area (Å²) in [7, 11) is 0.495. The number of hydrogen-bond acceptors (Lipinski definition) is 8. The second-order valence-corrected chi connectivity index (χ2v) is 13.2. The van der Waals surface area contributed by atoms with Crippen molar-refractivity contribution < 1.29 is 13.2 Å². The summed E-state index contributed by atoms with van der Waals surface area (Å²) in [6.07, 6.45) is 3.06. The van der Waals surface area contributed by atoms with Crippen molar-refractivity contribution in [2.75, 3.05) is 51.4 Å². The molecule has 1 aliphatic rings. The van der Waals surface area contributed by atoms with Crippen molar-refractivity contribution in [2.24, 2.45) is 5.92 Å². The highest BCUT2D eigenvalue weighted by Crippen LogP contribution is 2.35. The highest BCUT2D eigenvalue weighted by Gasteiger charge is 2.35. The largest absolute Gasteiger partial charge is 0.308 e. The van der Waals surface area contributed by atoms with Crippen molar-refractivity contribution in [3.05, 3.63) is 35.7 Å². The number of nitrogens with zero attached hydrogens (tertiary/aromatic N) is 4. The second-order valence-electron chi connectivity index (χ2n) is 8.21. The van der Waals surface area contributed by atoms with Crippen molar-refractivity contribution >= 4 is 65.7 Å². The van der Waals surface area contributed by atoms with Gasteiger partial charge in [-0.15, -0.1) is 23.1 Å². The molecule has 1 saturated heterocycles. The van der Waals surface area contributed by atoms with E-state index in [0.29, 0.717) is 41.8 Å². The Morgan fingerprint density at radius 3 is 2.58 bits per heavy atom. The van der Waals surface area contributed by atoms with Crippen LogP contribution in [0.2, 0.25) is 0 Å². The van der Waals surface area contributed by atoms with Gasteiger partial charge in [0, 0.05) is 37.0 Å². The Bertz CT molecular complexity index is 1200. The van der Waals surface area contributed by atoms with E-state index in [1.54, 1.807) is 29.3 Å². The molecule has 1 aromatic carbocycles. The zero-order chi connectivity index (χ0) is 23.6. The number of carbonyl (C=O) groups is 1. The fourth-order valence-corrected chi connectivity index (χ4v) is 8.16. The predicted molar refractivity (Wildman–Crippen MR) is 138 cm³/mol. The minimum Gasteiger partial charge on any atom is -0.308 e. The fraction of sp³-hybridized carbons (Fsp3) is 0.455. The van der Waals surface area contributed by atoms with Gasteiger partial charge in [-0.1, -0.05) is 23.5 Å². The lowest BCUT2D eigenvalue weighted by molar-refractivity contribution is -0.123. The van der Waals surface area contributed by atoms with Gasteiger partial charge in [0.25, 0.3) is 10.0 Å². The zero-order valence-corrected chi connectivity index (χ0v) is 22.2. The summed E-state index contributed by atoms with van der Waals surface area (Å²) in [5.74, 6) is -0.177. The third kappa shape index (κ3) is 5.28. The molecule has 1 fully saturated rings. The summed E-state index contributed by atoms with van der Waals surface area (Å²) in [5, 5.41) is 2.48. The van der Waals surface area contributed by atoms with Crippen molar-refractivity contribution in [2.45, 2.75) is 21.9 Å². The molecule has 0 saturated carbocycles. The molecule has 0 unspecified atom stereocenters. The zero-order valence-electron chi connectivity index (χ0n) is 18.9. The van der Waals surface area contributed by atoms with Crippen LogP contribution in [-0.2, 0) is 14.8 Å². The van der Waals surface area contributed by atoms with Crippen LogP contribution in [0.4, 0.5) is 5.13 Å². The van der Waals surface area contributed by atoms with Crippen molar-refractivity contribution in [3.63, 3.8) is 0 Å². The van der Waals surface area contributed by atoms with Gasteiger partial charge in [0.1, 0.15) is 4.21 Å². The van der Waals surface area contributed by atoms with Crippen LogP contribution in [0.5, 0.6) is 0 Å². The number of carbonyl (C=O) groups excluding carboxylic acids is 1. The van der Waals surface area contributed by atoms with Crippen LogP contribution in [0.15, 0.2) is 44.8 Å². The summed E-state index contributed by atoms with van der Waals surface area (Å²) in [4.78, 5) is 23.4. The summed E-state index contributed by atoms with van der Waals surface area (Å²) in [5.41, 5.74) is 0.935. The van der Waals surface area contributed by atoms with Crippen LogP contribution in [0.25, 0.3) is 10.2 Å². The maximum atomic E-state index is 13.6. The van der Waals surface area contributed by atoms with Gasteiger partial charge >= 0.3 is 0 Å². The SMILES string of the molecule is CSc1cccc2sc(N(CCN(C)C)C(=O)C3CCN(S(=O)(=O)c4cccs4)CC3)nc12. The Morgan fingerprint density at radius 1 is 1.18 bits per heavy atom. The number of hydrogen-bond donors (Lipinski definition) is 0. The van der Waals surface area contributed by atoms with E-state index in [1.807, 2.05) is 43.5 Å². The lowest BCUT2D eigenvalue weighted by atomic mass is 9.96. The second kappa shape index (κ2) is 10.4. The van der Waals surface area contributed by atoms with Crippen molar-refractivity contribution in [1.82, 2.24) is 14.2 Å². The first kappa shape index (κ1) is 24.6. The first-order chi connectivity index (χ1) is 15.8. The normalized spacial score (nSPS) is 16.0. The van der Waals surface area contributed by atoms with E-state index in [-0.39, 0.29) is 11.8 Å². The van der Waals surface area contributed by atoms with Gasteiger partial charge in [0.2, 0.25) is 5.91 Å². The van der Waals surface area contributed by atoms with E-state index in [0.717, 1.165) is 21.7 Å². The van der Waals surface area contributed by atoms with E-state index in [1.165, 1.54) is 27.0 Å². The number of fused-ring (bicyclic) bond motifs is 1. The van der Waals surface area contributed by atoms with E-state index in [2.05, 4.69) is 4.90 Å². The summed E-state index contributed by atoms with van der Waals surface area (Å²) in [6.45, 7) is 1.99. The summed E-state index contributed by atoms with van der Waals surface area (Å²) >= 11 is 4.42. The number of thiazole rings is 1.